The normalized spacial score (nSPS) is 25.8. The molecule has 0 radical (unpaired) electrons. The van der Waals surface area contributed by atoms with Crippen molar-refractivity contribution in [2.45, 2.75) is 37.4 Å². The second-order valence-electron chi connectivity index (χ2n) is 4.55. The lowest BCUT2D eigenvalue weighted by atomic mass is 9.95. The maximum absolute atomic E-state index is 13.1. The zero-order valence-electron chi connectivity index (χ0n) is 8.97. The highest BCUT2D eigenvalue weighted by Crippen LogP contribution is 2.33. The molecule has 0 spiro atoms. The SMILES string of the molecule is Cc1ccc(F)cc1CC1CCC(Br)C1. The lowest BCUT2D eigenvalue weighted by molar-refractivity contribution is 0.543. The molecule has 0 nitrogen and oxygen atoms in total. The molecule has 0 heterocycles. The Hall–Kier alpha value is -0.370. The van der Waals surface area contributed by atoms with Crippen molar-refractivity contribution in [3.8, 4) is 0 Å². The van der Waals surface area contributed by atoms with Crippen molar-refractivity contribution in [1.82, 2.24) is 0 Å². The van der Waals surface area contributed by atoms with Crippen LogP contribution in [0.3, 0.4) is 0 Å². The fraction of sp³-hybridized carbons (Fsp3) is 0.538. The summed E-state index contributed by atoms with van der Waals surface area (Å²) in [5.74, 6) is 0.624. The number of hydrogen-bond donors (Lipinski definition) is 0. The van der Waals surface area contributed by atoms with Crippen LogP contribution in [0.15, 0.2) is 18.2 Å². The van der Waals surface area contributed by atoms with Crippen LogP contribution in [-0.2, 0) is 6.42 Å². The molecule has 1 aromatic carbocycles. The van der Waals surface area contributed by atoms with E-state index in [2.05, 4.69) is 22.9 Å². The summed E-state index contributed by atoms with van der Waals surface area (Å²) in [4.78, 5) is 0.677. The zero-order chi connectivity index (χ0) is 10.8. The van der Waals surface area contributed by atoms with Gasteiger partial charge in [0.1, 0.15) is 5.82 Å². The Kier molecular flexibility index (Phi) is 3.45. The summed E-state index contributed by atoms with van der Waals surface area (Å²) in [6, 6.07) is 5.11. The third-order valence-electron chi connectivity index (χ3n) is 3.30. The first kappa shape index (κ1) is 11.1. The van der Waals surface area contributed by atoms with Gasteiger partial charge in [-0.3, -0.25) is 0 Å². The first-order valence-corrected chi connectivity index (χ1v) is 6.46. The van der Waals surface area contributed by atoms with E-state index in [1.807, 2.05) is 6.07 Å². The lowest BCUT2D eigenvalue weighted by Gasteiger charge is -2.11. The zero-order valence-corrected chi connectivity index (χ0v) is 10.6. The van der Waals surface area contributed by atoms with Crippen molar-refractivity contribution < 1.29 is 4.39 Å². The van der Waals surface area contributed by atoms with Gasteiger partial charge in [0.15, 0.2) is 0 Å². The van der Waals surface area contributed by atoms with Gasteiger partial charge in [-0.2, -0.15) is 0 Å². The van der Waals surface area contributed by atoms with Crippen molar-refractivity contribution in [2.24, 2.45) is 5.92 Å². The fourth-order valence-corrected chi connectivity index (χ4v) is 3.16. The molecule has 15 heavy (non-hydrogen) atoms. The highest BCUT2D eigenvalue weighted by molar-refractivity contribution is 9.09. The molecule has 1 saturated carbocycles. The van der Waals surface area contributed by atoms with E-state index in [0.717, 1.165) is 12.3 Å². The molecule has 1 aliphatic rings. The molecular weight excluding hydrogens is 255 g/mol. The van der Waals surface area contributed by atoms with E-state index in [4.69, 9.17) is 0 Å². The third-order valence-corrected chi connectivity index (χ3v) is 4.13. The lowest BCUT2D eigenvalue weighted by Crippen LogP contribution is -2.02. The number of rotatable bonds is 2. The van der Waals surface area contributed by atoms with Gasteiger partial charge in [0.05, 0.1) is 0 Å². The van der Waals surface area contributed by atoms with Gasteiger partial charge in [-0.25, -0.2) is 4.39 Å². The first-order valence-electron chi connectivity index (χ1n) is 5.54. The number of aryl methyl sites for hydroxylation is 1. The third kappa shape index (κ3) is 2.81. The minimum absolute atomic E-state index is 0.107. The minimum Gasteiger partial charge on any atom is -0.207 e. The van der Waals surface area contributed by atoms with Gasteiger partial charge in [0.25, 0.3) is 0 Å². The second-order valence-corrected chi connectivity index (χ2v) is 5.85. The second kappa shape index (κ2) is 4.65. The molecular formula is C13H16BrF. The van der Waals surface area contributed by atoms with Crippen LogP contribution in [0.2, 0.25) is 0 Å². The molecule has 0 aliphatic heterocycles. The summed E-state index contributed by atoms with van der Waals surface area (Å²) >= 11 is 3.65. The van der Waals surface area contributed by atoms with Crippen LogP contribution in [0.4, 0.5) is 4.39 Å². The van der Waals surface area contributed by atoms with Gasteiger partial charge in [0.2, 0.25) is 0 Å². The highest BCUT2D eigenvalue weighted by atomic mass is 79.9. The van der Waals surface area contributed by atoms with E-state index in [9.17, 15) is 4.39 Å². The molecule has 1 fully saturated rings. The van der Waals surface area contributed by atoms with Crippen molar-refractivity contribution >= 4 is 15.9 Å². The van der Waals surface area contributed by atoms with E-state index in [-0.39, 0.29) is 5.82 Å². The summed E-state index contributed by atoms with van der Waals surface area (Å²) < 4.78 is 13.1. The summed E-state index contributed by atoms with van der Waals surface area (Å²) in [5.41, 5.74) is 2.40. The average molecular weight is 271 g/mol. The number of halogens is 2. The van der Waals surface area contributed by atoms with Gasteiger partial charge in [-0.1, -0.05) is 22.0 Å². The maximum Gasteiger partial charge on any atom is 0.123 e. The van der Waals surface area contributed by atoms with Crippen LogP contribution in [0.25, 0.3) is 0 Å². The summed E-state index contributed by atoms with van der Waals surface area (Å²) in [5, 5.41) is 0. The molecule has 2 heteroatoms. The number of hydrogen-bond acceptors (Lipinski definition) is 0. The van der Waals surface area contributed by atoms with Crippen LogP contribution in [-0.4, -0.2) is 4.83 Å². The molecule has 0 aromatic heterocycles. The molecule has 0 N–H and O–H groups in total. The smallest absolute Gasteiger partial charge is 0.123 e. The Morgan fingerprint density at radius 3 is 2.87 bits per heavy atom. The quantitative estimate of drug-likeness (QED) is 0.706. The van der Waals surface area contributed by atoms with Gasteiger partial charge < -0.3 is 0 Å². The molecule has 2 unspecified atom stereocenters. The predicted molar refractivity (Wildman–Crippen MR) is 64.9 cm³/mol. The van der Waals surface area contributed by atoms with Crippen LogP contribution in [0, 0.1) is 18.7 Å². The Morgan fingerprint density at radius 2 is 2.20 bits per heavy atom. The van der Waals surface area contributed by atoms with Gasteiger partial charge >= 0.3 is 0 Å². The monoisotopic (exact) mass is 270 g/mol. The van der Waals surface area contributed by atoms with E-state index in [1.165, 1.54) is 30.4 Å². The number of benzene rings is 1. The minimum atomic E-state index is -0.107. The molecule has 82 valence electrons. The Bertz CT molecular complexity index is 348. The van der Waals surface area contributed by atoms with Crippen LogP contribution in [0.1, 0.15) is 30.4 Å². The highest BCUT2D eigenvalue weighted by Gasteiger charge is 2.23. The van der Waals surface area contributed by atoms with Crippen molar-refractivity contribution in [3.63, 3.8) is 0 Å². The standard InChI is InChI=1S/C13H16BrF/c1-9-2-5-13(15)8-11(9)6-10-3-4-12(14)7-10/h2,5,8,10,12H,3-4,6-7H2,1H3. The van der Waals surface area contributed by atoms with Crippen LogP contribution in [0.5, 0.6) is 0 Å². The van der Waals surface area contributed by atoms with Crippen molar-refractivity contribution in [1.29, 1.82) is 0 Å². The van der Waals surface area contributed by atoms with Gasteiger partial charge in [-0.15, -0.1) is 0 Å². The molecule has 2 atom stereocenters. The first-order chi connectivity index (χ1) is 7.15. The van der Waals surface area contributed by atoms with E-state index in [1.54, 1.807) is 12.1 Å². The Balaban J connectivity index is 2.07. The molecule has 0 saturated heterocycles. The van der Waals surface area contributed by atoms with Crippen molar-refractivity contribution in [2.75, 3.05) is 0 Å². The van der Waals surface area contributed by atoms with E-state index in [0.29, 0.717) is 4.83 Å². The summed E-state index contributed by atoms with van der Waals surface area (Å²) in [6.07, 6.45) is 4.80. The maximum atomic E-state index is 13.1. The van der Waals surface area contributed by atoms with E-state index >= 15 is 0 Å². The Morgan fingerprint density at radius 1 is 1.40 bits per heavy atom. The molecule has 0 amide bonds. The fourth-order valence-electron chi connectivity index (χ4n) is 2.37. The average Bonchev–Trinajstić information content (AvgIpc) is 2.58. The van der Waals surface area contributed by atoms with E-state index < -0.39 is 0 Å². The Labute approximate surface area is 99.0 Å². The topological polar surface area (TPSA) is 0 Å². The van der Waals surface area contributed by atoms with Gasteiger partial charge in [0, 0.05) is 4.83 Å². The predicted octanol–water partition coefficient (Wildman–Crippen LogP) is 4.24. The van der Waals surface area contributed by atoms with Crippen LogP contribution >= 0.6 is 15.9 Å². The molecule has 1 aromatic rings. The largest absolute Gasteiger partial charge is 0.207 e. The van der Waals surface area contributed by atoms with Crippen molar-refractivity contribution in [3.05, 3.63) is 35.1 Å². The summed E-state index contributed by atoms with van der Waals surface area (Å²) in [6.45, 7) is 2.06. The van der Waals surface area contributed by atoms with Crippen LogP contribution < -0.4 is 0 Å². The van der Waals surface area contributed by atoms with Gasteiger partial charge in [-0.05, 0) is 61.8 Å². The molecule has 2 rings (SSSR count). The summed E-state index contributed by atoms with van der Waals surface area (Å²) in [7, 11) is 0. The number of alkyl halides is 1. The molecule has 1 aliphatic carbocycles. The molecule has 0 bridgehead atoms.